The molecule has 1 unspecified atom stereocenters. The highest BCUT2D eigenvalue weighted by atomic mass is 16.5. The predicted octanol–water partition coefficient (Wildman–Crippen LogP) is 1.90. The quantitative estimate of drug-likeness (QED) is 0.731. The average Bonchev–Trinajstić information content (AvgIpc) is 2.78. The van der Waals surface area contributed by atoms with Crippen molar-refractivity contribution in [3.8, 4) is 0 Å². The summed E-state index contributed by atoms with van der Waals surface area (Å²) in [5.74, 6) is 0.218. The summed E-state index contributed by atoms with van der Waals surface area (Å²) < 4.78 is 7.16. The highest BCUT2D eigenvalue weighted by molar-refractivity contribution is 5.97. The third-order valence-electron chi connectivity index (χ3n) is 2.90. The third kappa shape index (κ3) is 2.50. The normalized spacial score (nSPS) is 20.9. The molecule has 4 heteroatoms. The van der Waals surface area contributed by atoms with Gasteiger partial charge in [-0.2, -0.15) is 5.10 Å². The van der Waals surface area contributed by atoms with E-state index in [9.17, 15) is 4.79 Å². The molecule has 0 bridgehead atoms. The Hall–Kier alpha value is -1.16. The van der Waals surface area contributed by atoms with Crippen molar-refractivity contribution in [2.45, 2.75) is 32.7 Å². The Labute approximate surface area is 95.6 Å². The number of aryl methyl sites for hydroxylation is 1. The number of carbonyl (C=O) groups is 1. The van der Waals surface area contributed by atoms with Gasteiger partial charge in [-0.25, -0.2) is 0 Å². The fraction of sp³-hybridized carbons (Fsp3) is 0.667. The Kier molecular flexibility index (Phi) is 3.72. The smallest absolute Gasteiger partial charge is 0.171 e. The largest absolute Gasteiger partial charge is 0.381 e. The molecule has 2 rings (SSSR count). The van der Waals surface area contributed by atoms with Crippen LogP contribution in [0, 0.1) is 5.92 Å². The number of Topliss-reactive ketones (excluding diaryl/α,β-unsaturated/α-hetero) is 1. The van der Waals surface area contributed by atoms with Crippen LogP contribution in [-0.2, 0) is 11.3 Å². The van der Waals surface area contributed by atoms with Crippen molar-refractivity contribution >= 4 is 5.78 Å². The summed E-state index contributed by atoms with van der Waals surface area (Å²) >= 11 is 0. The molecule has 1 aliphatic rings. The molecule has 1 aromatic heterocycles. The molecule has 2 heterocycles. The van der Waals surface area contributed by atoms with Gasteiger partial charge in [0.25, 0.3) is 0 Å². The van der Waals surface area contributed by atoms with Crippen LogP contribution in [0.3, 0.4) is 0 Å². The minimum absolute atomic E-state index is 0.0352. The van der Waals surface area contributed by atoms with Gasteiger partial charge in [-0.3, -0.25) is 9.48 Å². The van der Waals surface area contributed by atoms with Gasteiger partial charge in [0.15, 0.2) is 5.78 Å². The van der Waals surface area contributed by atoms with E-state index in [4.69, 9.17) is 4.74 Å². The minimum atomic E-state index is 0.0352. The molecule has 0 amide bonds. The Morgan fingerprint density at radius 1 is 1.69 bits per heavy atom. The number of ether oxygens (including phenoxy) is 1. The maximum Gasteiger partial charge on any atom is 0.171 e. The molecule has 4 nitrogen and oxygen atoms in total. The van der Waals surface area contributed by atoms with Gasteiger partial charge in [-0.1, -0.05) is 6.92 Å². The lowest BCUT2D eigenvalue weighted by Gasteiger charge is -2.19. The molecule has 1 aliphatic heterocycles. The van der Waals surface area contributed by atoms with Crippen LogP contribution >= 0.6 is 0 Å². The second-order valence-corrected chi connectivity index (χ2v) is 4.27. The Morgan fingerprint density at radius 3 is 3.25 bits per heavy atom. The zero-order chi connectivity index (χ0) is 11.4. The van der Waals surface area contributed by atoms with E-state index in [0.717, 1.165) is 38.0 Å². The molecule has 1 aromatic rings. The van der Waals surface area contributed by atoms with Crippen LogP contribution in [-0.4, -0.2) is 28.8 Å². The maximum atomic E-state index is 12.1. The first-order valence-electron chi connectivity index (χ1n) is 5.95. The first-order chi connectivity index (χ1) is 7.81. The zero-order valence-corrected chi connectivity index (χ0v) is 9.69. The summed E-state index contributed by atoms with van der Waals surface area (Å²) in [7, 11) is 0. The summed E-state index contributed by atoms with van der Waals surface area (Å²) in [6.07, 6.45) is 6.48. The molecular weight excluding hydrogens is 204 g/mol. The molecule has 1 saturated heterocycles. The number of rotatable bonds is 4. The lowest BCUT2D eigenvalue weighted by Crippen LogP contribution is -2.25. The molecule has 88 valence electrons. The van der Waals surface area contributed by atoms with Gasteiger partial charge >= 0.3 is 0 Å². The van der Waals surface area contributed by atoms with Gasteiger partial charge in [0.2, 0.25) is 0 Å². The van der Waals surface area contributed by atoms with Crippen LogP contribution in [0.2, 0.25) is 0 Å². The molecule has 0 aliphatic carbocycles. The van der Waals surface area contributed by atoms with Crippen molar-refractivity contribution in [2.75, 3.05) is 13.2 Å². The number of hydrogen-bond donors (Lipinski definition) is 0. The summed E-state index contributed by atoms with van der Waals surface area (Å²) in [6, 6.07) is 0. The van der Waals surface area contributed by atoms with Gasteiger partial charge in [0.1, 0.15) is 0 Å². The maximum absolute atomic E-state index is 12.1. The molecule has 0 aromatic carbocycles. The number of nitrogens with zero attached hydrogens (tertiary/aromatic N) is 2. The monoisotopic (exact) mass is 222 g/mol. The zero-order valence-electron chi connectivity index (χ0n) is 9.69. The van der Waals surface area contributed by atoms with E-state index >= 15 is 0 Å². The molecule has 0 spiro atoms. The molecule has 0 N–H and O–H groups in total. The standard InChI is InChI=1S/C12H18N2O2/c1-2-5-14-8-11(7-13-14)12(15)10-4-3-6-16-9-10/h7-8,10H,2-6,9H2,1H3. The summed E-state index contributed by atoms with van der Waals surface area (Å²) in [6.45, 7) is 4.32. The van der Waals surface area contributed by atoms with Crippen molar-refractivity contribution in [3.05, 3.63) is 18.0 Å². The van der Waals surface area contributed by atoms with Crippen molar-refractivity contribution in [3.63, 3.8) is 0 Å². The summed E-state index contributed by atoms with van der Waals surface area (Å²) in [5.41, 5.74) is 0.726. The van der Waals surface area contributed by atoms with E-state index in [0.29, 0.717) is 6.61 Å². The highest BCUT2D eigenvalue weighted by Crippen LogP contribution is 2.18. The first kappa shape index (κ1) is 11.3. The van der Waals surface area contributed by atoms with Crippen molar-refractivity contribution in [1.29, 1.82) is 0 Å². The first-order valence-corrected chi connectivity index (χ1v) is 5.95. The van der Waals surface area contributed by atoms with Crippen LogP contribution in [0.15, 0.2) is 12.4 Å². The topological polar surface area (TPSA) is 44.1 Å². The van der Waals surface area contributed by atoms with E-state index in [1.54, 1.807) is 6.20 Å². The number of ketones is 1. The van der Waals surface area contributed by atoms with Gasteiger partial charge in [-0.05, 0) is 19.3 Å². The van der Waals surface area contributed by atoms with Gasteiger partial charge in [0, 0.05) is 25.3 Å². The number of carbonyl (C=O) groups excluding carboxylic acids is 1. The van der Waals surface area contributed by atoms with Crippen LogP contribution in [0.4, 0.5) is 0 Å². The molecule has 1 fully saturated rings. The van der Waals surface area contributed by atoms with E-state index in [-0.39, 0.29) is 11.7 Å². The molecule has 0 saturated carbocycles. The summed E-state index contributed by atoms with van der Waals surface area (Å²) in [4.78, 5) is 12.1. The van der Waals surface area contributed by atoms with Crippen molar-refractivity contribution in [1.82, 2.24) is 9.78 Å². The SMILES string of the molecule is CCCn1cc(C(=O)C2CCCOC2)cn1. The van der Waals surface area contributed by atoms with Gasteiger partial charge < -0.3 is 4.74 Å². The molecule has 16 heavy (non-hydrogen) atoms. The lowest BCUT2D eigenvalue weighted by atomic mass is 9.94. The van der Waals surface area contributed by atoms with Crippen LogP contribution in [0.5, 0.6) is 0 Å². The average molecular weight is 222 g/mol. The van der Waals surface area contributed by atoms with E-state index in [1.165, 1.54) is 0 Å². The van der Waals surface area contributed by atoms with E-state index in [1.807, 2.05) is 10.9 Å². The molecule has 0 radical (unpaired) electrons. The Morgan fingerprint density at radius 2 is 2.56 bits per heavy atom. The van der Waals surface area contributed by atoms with Gasteiger partial charge in [-0.15, -0.1) is 0 Å². The molecule has 1 atom stereocenters. The lowest BCUT2D eigenvalue weighted by molar-refractivity contribution is 0.0461. The number of hydrogen-bond acceptors (Lipinski definition) is 3. The van der Waals surface area contributed by atoms with Crippen molar-refractivity contribution in [2.24, 2.45) is 5.92 Å². The van der Waals surface area contributed by atoms with Crippen LogP contribution in [0.25, 0.3) is 0 Å². The highest BCUT2D eigenvalue weighted by Gasteiger charge is 2.23. The van der Waals surface area contributed by atoms with Crippen LogP contribution in [0.1, 0.15) is 36.5 Å². The number of aromatic nitrogens is 2. The van der Waals surface area contributed by atoms with E-state index in [2.05, 4.69) is 12.0 Å². The second kappa shape index (κ2) is 5.25. The van der Waals surface area contributed by atoms with E-state index < -0.39 is 0 Å². The Balaban J connectivity index is 2.01. The van der Waals surface area contributed by atoms with Gasteiger partial charge in [0.05, 0.1) is 18.4 Å². The molecular formula is C12H18N2O2. The van der Waals surface area contributed by atoms with Crippen LogP contribution < -0.4 is 0 Å². The second-order valence-electron chi connectivity index (χ2n) is 4.27. The fourth-order valence-corrected chi connectivity index (χ4v) is 2.03. The van der Waals surface area contributed by atoms with Crippen molar-refractivity contribution < 1.29 is 9.53 Å². The predicted molar refractivity (Wildman–Crippen MR) is 60.4 cm³/mol. The summed E-state index contributed by atoms with van der Waals surface area (Å²) in [5, 5.41) is 4.18. The minimum Gasteiger partial charge on any atom is -0.381 e. The Bertz CT molecular complexity index is 354. The third-order valence-corrected chi connectivity index (χ3v) is 2.90. The fourth-order valence-electron chi connectivity index (χ4n) is 2.03.